The third-order valence-corrected chi connectivity index (χ3v) is 4.75. The molecular formula is C21H24N4O5. The number of rotatable bonds is 6. The third kappa shape index (κ3) is 4.06. The van der Waals surface area contributed by atoms with Crippen LogP contribution in [0.3, 0.4) is 0 Å². The van der Waals surface area contributed by atoms with Gasteiger partial charge in [0.1, 0.15) is 11.5 Å². The molecular weight excluding hydrogens is 388 g/mol. The molecule has 2 aliphatic rings. The molecule has 0 aromatic heterocycles. The smallest absolute Gasteiger partial charge is 0.253 e. The second-order valence-electron chi connectivity index (χ2n) is 7.22. The number of likely N-dealkylation sites (N-methyl/N-ethyl adjacent to an activating group) is 1. The molecule has 0 bridgehead atoms. The van der Waals surface area contributed by atoms with E-state index in [1.807, 2.05) is 0 Å². The van der Waals surface area contributed by atoms with Crippen LogP contribution in [0.2, 0.25) is 0 Å². The van der Waals surface area contributed by atoms with Gasteiger partial charge in [0.05, 0.1) is 28.3 Å². The minimum atomic E-state index is -1.36. The molecule has 2 aliphatic carbocycles. The molecule has 0 aliphatic heterocycles. The Morgan fingerprint density at radius 1 is 1.13 bits per heavy atom. The van der Waals surface area contributed by atoms with E-state index in [9.17, 15) is 24.6 Å². The van der Waals surface area contributed by atoms with Crippen molar-refractivity contribution in [1.82, 2.24) is 10.2 Å². The first-order valence-electron chi connectivity index (χ1n) is 9.42. The van der Waals surface area contributed by atoms with Crippen LogP contribution in [0.25, 0.3) is 0 Å². The molecule has 1 aromatic carbocycles. The van der Waals surface area contributed by atoms with E-state index in [-0.39, 0.29) is 40.2 Å². The maximum Gasteiger partial charge on any atom is 0.253 e. The number of carbonyl (C=O) groups excluding carboxylic acids is 3. The van der Waals surface area contributed by atoms with Crippen LogP contribution in [0, 0.1) is 0 Å². The van der Waals surface area contributed by atoms with Gasteiger partial charge in [-0.2, -0.15) is 0 Å². The normalized spacial score (nSPS) is 18.5. The molecule has 0 spiro atoms. The third-order valence-electron chi connectivity index (χ3n) is 4.75. The average Bonchev–Trinajstić information content (AvgIpc) is 2.71. The molecule has 2 amide bonds. The van der Waals surface area contributed by atoms with E-state index >= 15 is 0 Å². The molecule has 3 rings (SSSR count). The number of allylic oxidation sites excluding steroid dienone is 1. The van der Waals surface area contributed by atoms with Crippen molar-refractivity contribution in [2.45, 2.75) is 25.9 Å². The quantitative estimate of drug-likeness (QED) is 0.477. The van der Waals surface area contributed by atoms with Crippen molar-refractivity contribution in [1.29, 1.82) is 0 Å². The molecule has 30 heavy (non-hydrogen) atoms. The zero-order valence-electron chi connectivity index (χ0n) is 16.9. The van der Waals surface area contributed by atoms with E-state index in [1.165, 1.54) is 11.8 Å². The van der Waals surface area contributed by atoms with Crippen molar-refractivity contribution < 1.29 is 24.6 Å². The van der Waals surface area contributed by atoms with E-state index in [0.717, 1.165) is 0 Å². The van der Waals surface area contributed by atoms with Gasteiger partial charge in [0.2, 0.25) is 11.7 Å². The summed E-state index contributed by atoms with van der Waals surface area (Å²) >= 11 is 0. The highest BCUT2D eigenvalue weighted by Crippen LogP contribution is 2.31. The van der Waals surface area contributed by atoms with Gasteiger partial charge in [-0.1, -0.05) is 18.2 Å². The van der Waals surface area contributed by atoms with E-state index in [4.69, 9.17) is 0 Å². The van der Waals surface area contributed by atoms with Gasteiger partial charge in [0.25, 0.3) is 5.91 Å². The van der Waals surface area contributed by atoms with E-state index in [1.54, 1.807) is 44.4 Å². The molecule has 158 valence electrons. The molecule has 5 N–H and O–H groups in total. The van der Waals surface area contributed by atoms with Crippen LogP contribution in [0.15, 0.2) is 58.8 Å². The maximum absolute atomic E-state index is 12.3. The molecule has 0 fully saturated rings. The Balaban J connectivity index is 1.88. The first-order chi connectivity index (χ1) is 14.2. The second-order valence-corrected chi connectivity index (χ2v) is 7.22. The van der Waals surface area contributed by atoms with Crippen molar-refractivity contribution in [2.24, 2.45) is 0 Å². The predicted octanol–water partition coefficient (Wildman–Crippen LogP) is 1.38. The molecule has 1 unspecified atom stereocenters. The second kappa shape index (κ2) is 8.42. The maximum atomic E-state index is 12.3. The fraction of sp³-hybridized carbons (Fsp3) is 0.286. The zero-order chi connectivity index (χ0) is 22.0. The fourth-order valence-electron chi connectivity index (χ4n) is 3.22. The minimum Gasteiger partial charge on any atom is -0.505 e. The lowest BCUT2D eigenvalue weighted by Crippen LogP contribution is -2.45. The lowest BCUT2D eigenvalue weighted by atomic mass is 9.93. The number of ketones is 1. The Kier molecular flexibility index (Phi) is 5.93. The van der Waals surface area contributed by atoms with Crippen LogP contribution in [0.1, 0.15) is 19.8 Å². The molecule has 9 nitrogen and oxygen atoms in total. The Morgan fingerprint density at radius 3 is 2.43 bits per heavy atom. The zero-order valence-corrected chi connectivity index (χ0v) is 16.9. The van der Waals surface area contributed by atoms with Crippen LogP contribution >= 0.6 is 0 Å². The molecule has 1 atom stereocenters. The summed E-state index contributed by atoms with van der Waals surface area (Å²) in [6.07, 6.45) is 1.23. The first-order valence-corrected chi connectivity index (χ1v) is 9.42. The van der Waals surface area contributed by atoms with Gasteiger partial charge >= 0.3 is 0 Å². The Bertz CT molecular complexity index is 1010. The van der Waals surface area contributed by atoms with Crippen LogP contribution in [-0.2, 0) is 14.4 Å². The summed E-state index contributed by atoms with van der Waals surface area (Å²) in [5.41, 5.74) is 1.75. The van der Waals surface area contributed by atoms with Crippen molar-refractivity contribution >= 4 is 29.0 Å². The summed E-state index contributed by atoms with van der Waals surface area (Å²) < 4.78 is 0. The number of nitrogens with one attached hydrogen (secondary N) is 3. The van der Waals surface area contributed by atoms with Crippen LogP contribution in [0.5, 0.6) is 0 Å². The number of aliphatic hydroxyl groups excluding tert-OH is 2. The Morgan fingerprint density at radius 2 is 1.80 bits per heavy atom. The number of hydrogen-bond donors (Lipinski definition) is 5. The number of benzene rings is 1. The summed E-state index contributed by atoms with van der Waals surface area (Å²) in [5, 5.41) is 29.1. The van der Waals surface area contributed by atoms with Gasteiger partial charge in [-0.05, 0) is 25.0 Å². The van der Waals surface area contributed by atoms with Crippen LogP contribution in [0.4, 0.5) is 11.4 Å². The van der Waals surface area contributed by atoms with Gasteiger partial charge in [-0.15, -0.1) is 0 Å². The topological polar surface area (TPSA) is 131 Å². The molecule has 9 heteroatoms. The van der Waals surface area contributed by atoms with Crippen LogP contribution in [-0.4, -0.2) is 52.9 Å². The number of amides is 2. The van der Waals surface area contributed by atoms with E-state index < -0.39 is 11.9 Å². The SMILES string of the molecule is CC(=O)Nc1ccccc1NC1=C(NC2=CCCC(C(=O)N(C)C)=C2O)C(=O)C1O. The van der Waals surface area contributed by atoms with Crippen molar-refractivity contribution in [3.05, 3.63) is 58.8 Å². The molecule has 1 aromatic rings. The summed E-state index contributed by atoms with van der Waals surface area (Å²) in [6.45, 7) is 1.38. The average molecular weight is 412 g/mol. The van der Waals surface area contributed by atoms with Crippen molar-refractivity contribution in [2.75, 3.05) is 24.7 Å². The van der Waals surface area contributed by atoms with Gasteiger partial charge in [-0.25, -0.2) is 0 Å². The highest BCUT2D eigenvalue weighted by atomic mass is 16.3. The Labute approximate surface area is 173 Å². The molecule has 0 saturated heterocycles. The molecule has 0 saturated carbocycles. The summed E-state index contributed by atoms with van der Waals surface area (Å²) in [4.78, 5) is 37.3. The number of para-hydroxylation sites is 2. The number of anilines is 2. The largest absolute Gasteiger partial charge is 0.505 e. The number of nitrogens with zero attached hydrogens (tertiary/aromatic N) is 1. The fourth-order valence-corrected chi connectivity index (χ4v) is 3.22. The first kappa shape index (κ1) is 21.1. The predicted molar refractivity (Wildman–Crippen MR) is 111 cm³/mol. The summed E-state index contributed by atoms with van der Waals surface area (Å²) in [5.74, 6) is -1.34. The number of aliphatic hydroxyl groups is 2. The monoisotopic (exact) mass is 412 g/mol. The number of Topliss-reactive ketones (excluding diaryl/α,β-unsaturated/α-hetero) is 1. The Hall–Kier alpha value is -3.59. The number of carbonyl (C=O) groups is 3. The van der Waals surface area contributed by atoms with Crippen molar-refractivity contribution in [3.8, 4) is 0 Å². The van der Waals surface area contributed by atoms with Crippen LogP contribution < -0.4 is 16.0 Å². The van der Waals surface area contributed by atoms with E-state index in [0.29, 0.717) is 24.2 Å². The van der Waals surface area contributed by atoms with E-state index in [2.05, 4.69) is 16.0 Å². The molecule has 0 heterocycles. The highest BCUT2D eigenvalue weighted by Gasteiger charge is 2.39. The standard InChI is InChI=1S/C21H24N4O5/c1-11(26)22-13-8-4-5-9-14(13)23-16-17(20(29)19(16)28)24-15-10-6-7-12(18(15)27)21(30)25(2)3/h4-5,8-10,19,23-24,27-28H,6-7H2,1-3H3,(H,22,26). The lowest BCUT2D eigenvalue weighted by Gasteiger charge is -2.31. The highest BCUT2D eigenvalue weighted by molar-refractivity contribution is 6.10. The lowest BCUT2D eigenvalue weighted by molar-refractivity contribution is -0.125. The van der Waals surface area contributed by atoms with Gasteiger partial charge in [0.15, 0.2) is 6.10 Å². The van der Waals surface area contributed by atoms with Gasteiger partial charge in [-0.3, -0.25) is 14.4 Å². The number of hydrogen-bond acceptors (Lipinski definition) is 7. The van der Waals surface area contributed by atoms with Gasteiger partial charge in [0, 0.05) is 21.0 Å². The van der Waals surface area contributed by atoms with Gasteiger partial charge < -0.3 is 31.1 Å². The van der Waals surface area contributed by atoms with Crippen molar-refractivity contribution in [3.63, 3.8) is 0 Å². The molecule has 0 radical (unpaired) electrons. The minimum absolute atomic E-state index is 0.0801. The summed E-state index contributed by atoms with van der Waals surface area (Å²) in [7, 11) is 3.19. The summed E-state index contributed by atoms with van der Waals surface area (Å²) in [6, 6.07) is 6.86.